The fourth-order valence-corrected chi connectivity index (χ4v) is 2.64. The van der Waals surface area contributed by atoms with Crippen LogP contribution in [0.2, 0.25) is 5.02 Å². The van der Waals surface area contributed by atoms with Gasteiger partial charge in [0.1, 0.15) is 5.02 Å². The molecule has 2 rings (SSSR count). The first kappa shape index (κ1) is 14.1. The van der Waals surface area contributed by atoms with E-state index in [1.54, 1.807) is 17.5 Å². The number of aromatic nitrogens is 2. The van der Waals surface area contributed by atoms with Crippen LogP contribution in [-0.4, -0.2) is 30.1 Å². The molecule has 2 heterocycles. The lowest BCUT2D eigenvalue weighted by atomic mass is 10.3. The van der Waals surface area contributed by atoms with Crippen LogP contribution in [0.5, 0.6) is 0 Å². The molecule has 0 aliphatic heterocycles. The van der Waals surface area contributed by atoms with E-state index >= 15 is 0 Å². The van der Waals surface area contributed by atoms with Crippen molar-refractivity contribution in [3.8, 4) is 0 Å². The molecule has 0 spiro atoms. The summed E-state index contributed by atoms with van der Waals surface area (Å²) in [5.74, 6) is 1.38. The molecule has 0 saturated carbocycles. The summed E-state index contributed by atoms with van der Waals surface area (Å²) in [6.07, 6.45) is 2.63. The van der Waals surface area contributed by atoms with E-state index < -0.39 is 0 Å². The van der Waals surface area contributed by atoms with Gasteiger partial charge in [-0.15, -0.1) is 11.3 Å². The average Bonchev–Trinajstić information content (AvgIpc) is 2.92. The topological polar surface area (TPSA) is 41.1 Å². The molecule has 2 aromatic rings. The van der Waals surface area contributed by atoms with E-state index in [4.69, 9.17) is 11.6 Å². The second-order valence-corrected chi connectivity index (χ2v) is 5.59. The second-order valence-electron chi connectivity index (χ2n) is 4.15. The maximum atomic E-state index is 6.16. The largest absolute Gasteiger partial charge is 0.358 e. The van der Waals surface area contributed by atoms with E-state index in [0.29, 0.717) is 11.0 Å². The monoisotopic (exact) mass is 296 g/mol. The van der Waals surface area contributed by atoms with Crippen LogP contribution in [0.3, 0.4) is 0 Å². The number of hydrogen-bond acceptors (Lipinski definition) is 5. The molecule has 0 aliphatic rings. The van der Waals surface area contributed by atoms with Crippen LogP contribution in [-0.2, 0) is 6.42 Å². The van der Waals surface area contributed by atoms with Gasteiger partial charge in [0.15, 0.2) is 5.82 Å². The number of nitrogens with one attached hydrogen (secondary N) is 1. The van der Waals surface area contributed by atoms with Crippen LogP contribution in [0, 0.1) is 0 Å². The van der Waals surface area contributed by atoms with Crippen LogP contribution in [0.1, 0.15) is 11.8 Å². The zero-order chi connectivity index (χ0) is 13.7. The van der Waals surface area contributed by atoms with Crippen molar-refractivity contribution in [2.45, 2.75) is 13.3 Å². The fourth-order valence-electron chi connectivity index (χ4n) is 1.71. The Bertz CT molecular complexity index is 515. The molecule has 102 valence electrons. The minimum absolute atomic E-state index is 0.579. The molecule has 2 aromatic heterocycles. The summed E-state index contributed by atoms with van der Waals surface area (Å²) in [5.41, 5.74) is 0. The number of likely N-dealkylation sites (N-methyl/N-ethyl adjacent to an activating group) is 1. The van der Waals surface area contributed by atoms with Gasteiger partial charge in [-0.25, -0.2) is 4.98 Å². The van der Waals surface area contributed by atoms with Crippen LogP contribution < -0.4 is 10.2 Å². The van der Waals surface area contributed by atoms with Gasteiger partial charge < -0.3 is 10.2 Å². The van der Waals surface area contributed by atoms with Gasteiger partial charge in [0.2, 0.25) is 5.95 Å². The van der Waals surface area contributed by atoms with Crippen LogP contribution in [0.4, 0.5) is 11.8 Å². The van der Waals surface area contributed by atoms with Crippen molar-refractivity contribution in [2.24, 2.45) is 0 Å². The summed E-state index contributed by atoms with van der Waals surface area (Å²) in [6.45, 7) is 3.68. The van der Waals surface area contributed by atoms with E-state index in [-0.39, 0.29) is 0 Å². The summed E-state index contributed by atoms with van der Waals surface area (Å²) in [4.78, 5) is 12.0. The number of hydrogen-bond donors (Lipinski definition) is 1. The Hall–Kier alpha value is -1.33. The first-order valence-electron chi connectivity index (χ1n) is 6.20. The van der Waals surface area contributed by atoms with Crippen LogP contribution in [0.15, 0.2) is 23.7 Å². The highest BCUT2D eigenvalue weighted by atomic mass is 35.5. The van der Waals surface area contributed by atoms with Crippen molar-refractivity contribution in [2.75, 3.05) is 30.4 Å². The average molecular weight is 297 g/mol. The molecule has 0 amide bonds. The zero-order valence-electron chi connectivity index (χ0n) is 11.1. The third-order valence-corrected chi connectivity index (χ3v) is 3.90. The van der Waals surface area contributed by atoms with Gasteiger partial charge in [-0.1, -0.05) is 17.7 Å². The molecule has 0 unspecified atom stereocenters. The van der Waals surface area contributed by atoms with Crippen molar-refractivity contribution in [3.63, 3.8) is 0 Å². The Morgan fingerprint density at radius 2 is 2.32 bits per heavy atom. The predicted molar refractivity (Wildman–Crippen MR) is 82.5 cm³/mol. The number of halogens is 1. The molecule has 0 fully saturated rings. The van der Waals surface area contributed by atoms with Crippen LogP contribution >= 0.6 is 22.9 Å². The highest BCUT2D eigenvalue weighted by Gasteiger charge is 2.10. The Balaban J connectivity index is 2.04. The summed E-state index contributed by atoms with van der Waals surface area (Å²) in [7, 11) is 2.00. The third-order valence-electron chi connectivity index (χ3n) is 2.70. The molecular weight excluding hydrogens is 280 g/mol. The van der Waals surface area contributed by atoms with E-state index in [1.807, 2.05) is 14.0 Å². The normalized spacial score (nSPS) is 10.5. The maximum Gasteiger partial charge on any atom is 0.224 e. The molecule has 1 N–H and O–H groups in total. The predicted octanol–water partition coefficient (Wildman–Crippen LogP) is 3.30. The molecule has 4 nitrogen and oxygen atoms in total. The lowest BCUT2D eigenvalue weighted by Crippen LogP contribution is -2.22. The fraction of sp³-hybridized carbons (Fsp3) is 0.385. The minimum Gasteiger partial charge on any atom is -0.358 e. The number of nitrogens with zero attached hydrogens (tertiary/aromatic N) is 3. The number of rotatable bonds is 6. The molecule has 0 bridgehead atoms. The first-order valence-corrected chi connectivity index (χ1v) is 7.46. The molecule has 0 radical (unpaired) electrons. The maximum absolute atomic E-state index is 6.16. The summed E-state index contributed by atoms with van der Waals surface area (Å²) >= 11 is 7.93. The van der Waals surface area contributed by atoms with Gasteiger partial charge >= 0.3 is 0 Å². The Morgan fingerprint density at radius 1 is 1.47 bits per heavy atom. The van der Waals surface area contributed by atoms with E-state index in [9.17, 15) is 0 Å². The molecule has 0 atom stereocenters. The highest BCUT2D eigenvalue weighted by molar-refractivity contribution is 7.09. The summed E-state index contributed by atoms with van der Waals surface area (Å²) in [5, 5.41) is 5.77. The van der Waals surface area contributed by atoms with Gasteiger partial charge in [0, 0.05) is 25.0 Å². The van der Waals surface area contributed by atoms with E-state index in [2.05, 4.69) is 37.7 Å². The zero-order valence-corrected chi connectivity index (χ0v) is 12.6. The molecule has 0 saturated heterocycles. The Labute approximate surface area is 122 Å². The van der Waals surface area contributed by atoms with Crippen LogP contribution in [0.25, 0.3) is 0 Å². The van der Waals surface area contributed by atoms with Crippen molar-refractivity contribution < 1.29 is 0 Å². The Morgan fingerprint density at radius 3 is 3.00 bits per heavy atom. The van der Waals surface area contributed by atoms with Gasteiger partial charge in [-0.3, -0.25) is 0 Å². The van der Waals surface area contributed by atoms with Crippen molar-refractivity contribution in [1.82, 2.24) is 9.97 Å². The lowest BCUT2D eigenvalue weighted by molar-refractivity contribution is 0.864. The highest BCUT2D eigenvalue weighted by Crippen LogP contribution is 2.23. The van der Waals surface area contributed by atoms with E-state index in [1.165, 1.54) is 4.88 Å². The molecule has 0 aliphatic carbocycles. The number of thiophene rings is 1. The van der Waals surface area contributed by atoms with Crippen molar-refractivity contribution in [3.05, 3.63) is 33.6 Å². The van der Waals surface area contributed by atoms with Gasteiger partial charge in [-0.05, 0) is 24.8 Å². The molecule has 6 heteroatoms. The quantitative estimate of drug-likeness (QED) is 0.888. The third kappa shape index (κ3) is 3.81. The first-order chi connectivity index (χ1) is 9.20. The second kappa shape index (κ2) is 6.73. The molecular formula is C13H17ClN4S. The number of anilines is 2. The van der Waals surface area contributed by atoms with Gasteiger partial charge in [-0.2, -0.15) is 4.98 Å². The smallest absolute Gasteiger partial charge is 0.224 e. The van der Waals surface area contributed by atoms with Crippen molar-refractivity contribution >= 4 is 34.7 Å². The molecule has 19 heavy (non-hydrogen) atoms. The summed E-state index contributed by atoms with van der Waals surface area (Å²) in [6, 6.07) is 4.21. The standard InChI is InChI=1S/C13H17ClN4S/c1-3-15-13-16-9-11(14)12(17-13)18(2)7-6-10-5-4-8-19-10/h4-5,8-9H,3,6-7H2,1-2H3,(H,15,16,17). The molecule has 0 aromatic carbocycles. The summed E-state index contributed by atoms with van der Waals surface area (Å²) < 4.78 is 0. The van der Waals surface area contributed by atoms with Gasteiger partial charge in [0.25, 0.3) is 0 Å². The lowest BCUT2D eigenvalue weighted by Gasteiger charge is -2.19. The van der Waals surface area contributed by atoms with Crippen molar-refractivity contribution in [1.29, 1.82) is 0 Å². The minimum atomic E-state index is 0.579. The van der Waals surface area contributed by atoms with E-state index in [0.717, 1.165) is 25.3 Å². The SMILES string of the molecule is CCNc1ncc(Cl)c(N(C)CCc2cccs2)n1. The van der Waals surface area contributed by atoms with Gasteiger partial charge in [0.05, 0.1) is 6.20 Å². The Kier molecular flexibility index (Phi) is 4.99.